The van der Waals surface area contributed by atoms with Gasteiger partial charge in [-0.2, -0.15) is 0 Å². The molecule has 134 valence electrons. The SMILES string of the molecule is CCCOc1ccc2ccccc2c1CN1CCC(C(=O)NN)CC1. The lowest BCUT2D eigenvalue weighted by Crippen LogP contribution is -2.42. The Morgan fingerprint density at radius 3 is 2.72 bits per heavy atom. The molecule has 0 aliphatic carbocycles. The van der Waals surface area contributed by atoms with Gasteiger partial charge >= 0.3 is 0 Å². The Labute approximate surface area is 149 Å². The van der Waals surface area contributed by atoms with Gasteiger partial charge in [-0.05, 0) is 49.2 Å². The molecule has 1 amide bonds. The van der Waals surface area contributed by atoms with Gasteiger partial charge in [0.2, 0.25) is 5.91 Å². The number of piperidine rings is 1. The smallest absolute Gasteiger partial charge is 0.237 e. The van der Waals surface area contributed by atoms with Crippen LogP contribution in [0.5, 0.6) is 5.75 Å². The van der Waals surface area contributed by atoms with Crippen molar-refractivity contribution >= 4 is 16.7 Å². The molecule has 0 saturated carbocycles. The summed E-state index contributed by atoms with van der Waals surface area (Å²) < 4.78 is 6.01. The maximum atomic E-state index is 11.7. The number of hydrogen-bond donors (Lipinski definition) is 2. The number of carbonyl (C=O) groups is 1. The first-order valence-electron chi connectivity index (χ1n) is 9.09. The highest BCUT2D eigenvalue weighted by Gasteiger charge is 2.25. The lowest BCUT2D eigenvalue weighted by Gasteiger charge is -2.31. The standard InChI is InChI=1S/C20H27N3O2/c1-2-13-25-19-8-7-15-5-3-4-6-17(15)18(19)14-23-11-9-16(10-12-23)20(24)22-21/h3-8,16H,2,9-14,21H2,1H3,(H,22,24). The number of nitrogens with zero attached hydrogens (tertiary/aromatic N) is 1. The maximum Gasteiger partial charge on any atom is 0.237 e. The van der Waals surface area contributed by atoms with E-state index >= 15 is 0 Å². The van der Waals surface area contributed by atoms with Crippen molar-refractivity contribution in [3.8, 4) is 5.75 Å². The predicted octanol–water partition coefficient (Wildman–Crippen LogP) is 2.83. The van der Waals surface area contributed by atoms with E-state index in [-0.39, 0.29) is 11.8 Å². The number of nitrogens with two attached hydrogens (primary N) is 1. The maximum absolute atomic E-state index is 11.7. The minimum absolute atomic E-state index is 0.0320. The van der Waals surface area contributed by atoms with Crippen LogP contribution in [0.15, 0.2) is 36.4 Å². The first kappa shape index (κ1) is 17.7. The number of hydrogen-bond acceptors (Lipinski definition) is 4. The molecular weight excluding hydrogens is 314 g/mol. The number of carbonyl (C=O) groups excluding carboxylic acids is 1. The minimum atomic E-state index is -0.0446. The lowest BCUT2D eigenvalue weighted by atomic mass is 9.95. The Morgan fingerprint density at radius 2 is 2.00 bits per heavy atom. The molecule has 1 heterocycles. The molecule has 2 aromatic rings. The Bertz CT molecular complexity index is 724. The van der Waals surface area contributed by atoms with E-state index in [1.807, 2.05) is 0 Å². The Kier molecular flexibility index (Phi) is 5.89. The molecule has 1 aliphatic heterocycles. The van der Waals surface area contributed by atoms with E-state index in [1.54, 1.807) is 0 Å². The van der Waals surface area contributed by atoms with Crippen LogP contribution in [0.2, 0.25) is 0 Å². The Hall–Kier alpha value is -2.11. The molecule has 1 saturated heterocycles. The molecule has 5 nitrogen and oxygen atoms in total. The summed E-state index contributed by atoms with van der Waals surface area (Å²) in [6.07, 6.45) is 2.68. The quantitative estimate of drug-likeness (QED) is 0.482. The number of likely N-dealkylation sites (tertiary alicyclic amines) is 1. The minimum Gasteiger partial charge on any atom is -0.493 e. The van der Waals surface area contributed by atoms with Crippen molar-refractivity contribution in [2.24, 2.45) is 11.8 Å². The molecule has 1 fully saturated rings. The molecule has 0 spiro atoms. The van der Waals surface area contributed by atoms with Crippen molar-refractivity contribution < 1.29 is 9.53 Å². The number of nitrogens with one attached hydrogen (secondary N) is 1. The van der Waals surface area contributed by atoms with E-state index in [9.17, 15) is 4.79 Å². The molecule has 3 rings (SSSR count). The second-order valence-corrected chi connectivity index (χ2v) is 6.67. The van der Waals surface area contributed by atoms with Gasteiger partial charge in [0.25, 0.3) is 0 Å². The van der Waals surface area contributed by atoms with E-state index in [4.69, 9.17) is 10.6 Å². The topological polar surface area (TPSA) is 67.6 Å². The summed E-state index contributed by atoms with van der Waals surface area (Å²) in [6.45, 7) is 5.48. The van der Waals surface area contributed by atoms with Crippen molar-refractivity contribution in [3.05, 3.63) is 42.0 Å². The fourth-order valence-electron chi connectivity index (χ4n) is 3.52. The van der Waals surface area contributed by atoms with Crippen LogP contribution >= 0.6 is 0 Å². The summed E-state index contributed by atoms with van der Waals surface area (Å²) in [5.41, 5.74) is 3.52. The molecule has 0 unspecified atom stereocenters. The third kappa shape index (κ3) is 4.11. The summed E-state index contributed by atoms with van der Waals surface area (Å²) in [5.74, 6) is 6.22. The van der Waals surface area contributed by atoms with Crippen LogP contribution < -0.4 is 16.0 Å². The Balaban J connectivity index is 1.79. The van der Waals surface area contributed by atoms with Crippen molar-refractivity contribution in [2.75, 3.05) is 19.7 Å². The number of benzene rings is 2. The largest absolute Gasteiger partial charge is 0.493 e. The van der Waals surface area contributed by atoms with Crippen LogP contribution in [0.1, 0.15) is 31.7 Å². The second-order valence-electron chi connectivity index (χ2n) is 6.67. The fourth-order valence-corrected chi connectivity index (χ4v) is 3.52. The van der Waals surface area contributed by atoms with Gasteiger partial charge in [0.15, 0.2) is 0 Å². The van der Waals surface area contributed by atoms with E-state index in [0.29, 0.717) is 0 Å². The average Bonchev–Trinajstić information content (AvgIpc) is 2.67. The normalized spacial score (nSPS) is 16.1. The second kappa shape index (κ2) is 8.32. The van der Waals surface area contributed by atoms with Crippen LogP contribution in [0, 0.1) is 5.92 Å². The van der Waals surface area contributed by atoms with Crippen molar-refractivity contribution in [1.29, 1.82) is 0 Å². The van der Waals surface area contributed by atoms with Crippen molar-refractivity contribution in [1.82, 2.24) is 10.3 Å². The number of ether oxygens (including phenoxy) is 1. The molecule has 1 aliphatic rings. The third-order valence-corrected chi connectivity index (χ3v) is 4.94. The average molecular weight is 341 g/mol. The number of amides is 1. The number of fused-ring (bicyclic) bond motifs is 1. The zero-order valence-electron chi connectivity index (χ0n) is 14.8. The highest BCUT2D eigenvalue weighted by atomic mass is 16.5. The van der Waals surface area contributed by atoms with Crippen molar-refractivity contribution in [3.63, 3.8) is 0 Å². The van der Waals surface area contributed by atoms with Gasteiger partial charge in [-0.3, -0.25) is 15.1 Å². The monoisotopic (exact) mass is 341 g/mol. The van der Waals surface area contributed by atoms with E-state index in [1.165, 1.54) is 16.3 Å². The van der Waals surface area contributed by atoms with Gasteiger partial charge < -0.3 is 4.74 Å². The van der Waals surface area contributed by atoms with Crippen molar-refractivity contribution in [2.45, 2.75) is 32.7 Å². The fraction of sp³-hybridized carbons (Fsp3) is 0.450. The molecule has 25 heavy (non-hydrogen) atoms. The molecule has 0 aromatic heterocycles. The molecular formula is C20H27N3O2. The highest BCUT2D eigenvalue weighted by molar-refractivity contribution is 5.87. The Morgan fingerprint density at radius 1 is 1.24 bits per heavy atom. The van der Waals surface area contributed by atoms with Gasteiger partial charge in [-0.1, -0.05) is 37.3 Å². The van der Waals surface area contributed by atoms with E-state index in [2.05, 4.69) is 53.6 Å². The van der Waals surface area contributed by atoms with E-state index in [0.717, 1.165) is 51.3 Å². The predicted molar refractivity (Wildman–Crippen MR) is 100 cm³/mol. The molecule has 5 heteroatoms. The lowest BCUT2D eigenvalue weighted by molar-refractivity contribution is -0.126. The first-order valence-corrected chi connectivity index (χ1v) is 9.09. The van der Waals surface area contributed by atoms with E-state index < -0.39 is 0 Å². The third-order valence-electron chi connectivity index (χ3n) is 4.94. The van der Waals surface area contributed by atoms with Crippen LogP contribution in [0.4, 0.5) is 0 Å². The molecule has 3 N–H and O–H groups in total. The van der Waals surface area contributed by atoms with Gasteiger partial charge in [-0.15, -0.1) is 0 Å². The summed E-state index contributed by atoms with van der Waals surface area (Å²) in [7, 11) is 0. The molecule has 0 bridgehead atoms. The first-order chi connectivity index (χ1) is 12.2. The van der Waals surface area contributed by atoms with Gasteiger partial charge in [-0.25, -0.2) is 5.84 Å². The summed E-state index contributed by atoms with van der Waals surface area (Å²) >= 11 is 0. The molecule has 2 aromatic carbocycles. The summed E-state index contributed by atoms with van der Waals surface area (Å²) in [6, 6.07) is 12.7. The summed E-state index contributed by atoms with van der Waals surface area (Å²) in [5, 5.41) is 2.48. The molecule has 0 radical (unpaired) electrons. The van der Waals surface area contributed by atoms with Gasteiger partial charge in [0, 0.05) is 18.0 Å². The number of rotatable bonds is 6. The zero-order valence-corrected chi connectivity index (χ0v) is 14.8. The van der Waals surface area contributed by atoms with Crippen LogP contribution in [0.3, 0.4) is 0 Å². The molecule has 0 atom stereocenters. The van der Waals surface area contributed by atoms with Gasteiger partial charge in [0.1, 0.15) is 5.75 Å². The van der Waals surface area contributed by atoms with Crippen LogP contribution in [0.25, 0.3) is 10.8 Å². The number of hydrazine groups is 1. The summed E-state index contributed by atoms with van der Waals surface area (Å²) in [4.78, 5) is 14.1. The van der Waals surface area contributed by atoms with Gasteiger partial charge in [0.05, 0.1) is 6.61 Å². The van der Waals surface area contributed by atoms with Crippen LogP contribution in [-0.2, 0) is 11.3 Å². The highest BCUT2D eigenvalue weighted by Crippen LogP contribution is 2.31. The van der Waals surface area contributed by atoms with Crippen LogP contribution in [-0.4, -0.2) is 30.5 Å². The zero-order chi connectivity index (χ0) is 17.6.